The van der Waals surface area contributed by atoms with Crippen LogP contribution in [0, 0.1) is 0 Å². The van der Waals surface area contributed by atoms with Crippen LogP contribution in [0.25, 0.3) is 0 Å². The summed E-state index contributed by atoms with van der Waals surface area (Å²) in [5.41, 5.74) is 0.167. The molecule has 0 aliphatic rings. The van der Waals surface area contributed by atoms with Crippen LogP contribution in [0.4, 0.5) is 5.69 Å². The number of methoxy groups -OCH3 is 1. The van der Waals surface area contributed by atoms with E-state index in [1.165, 1.54) is 19.2 Å². The fourth-order valence-corrected chi connectivity index (χ4v) is 2.25. The summed E-state index contributed by atoms with van der Waals surface area (Å²) in [5.74, 6) is -0.322. The van der Waals surface area contributed by atoms with Crippen molar-refractivity contribution in [3.63, 3.8) is 0 Å². The third-order valence-corrected chi connectivity index (χ3v) is 3.63. The van der Waals surface area contributed by atoms with Crippen LogP contribution < -0.4 is 5.32 Å². The number of para-hydroxylation sites is 1. The first-order chi connectivity index (χ1) is 9.97. The number of hydrogen-bond acceptors (Lipinski definition) is 4. The summed E-state index contributed by atoms with van der Waals surface area (Å²) in [6.07, 6.45) is 0. The Hall–Kier alpha value is -2.20. The van der Waals surface area contributed by atoms with Gasteiger partial charge in [0.1, 0.15) is 5.75 Å². The SMILES string of the molecule is COC(=O)C(C)(Nc1ccccc1Cl)c1ccc(O)cc1. The van der Waals surface area contributed by atoms with E-state index in [9.17, 15) is 9.90 Å². The van der Waals surface area contributed by atoms with Crippen LogP contribution in [0.1, 0.15) is 12.5 Å². The number of phenolic OH excluding ortho intramolecular Hbond substituents is 1. The Kier molecular flexibility index (Phi) is 4.38. The number of benzene rings is 2. The minimum Gasteiger partial charge on any atom is -0.508 e. The molecule has 110 valence electrons. The molecule has 1 unspecified atom stereocenters. The topological polar surface area (TPSA) is 58.6 Å². The third kappa shape index (κ3) is 3.11. The number of ether oxygens (including phenoxy) is 1. The molecule has 0 aliphatic heterocycles. The molecule has 0 heterocycles. The molecule has 0 bridgehead atoms. The highest BCUT2D eigenvalue weighted by Gasteiger charge is 2.36. The molecule has 2 rings (SSSR count). The fourth-order valence-electron chi connectivity index (χ4n) is 2.07. The van der Waals surface area contributed by atoms with E-state index < -0.39 is 11.5 Å². The van der Waals surface area contributed by atoms with Crippen LogP contribution >= 0.6 is 11.6 Å². The van der Waals surface area contributed by atoms with Crippen molar-refractivity contribution in [3.8, 4) is 5.75 Å². The summed E-state index contributed by atoms with van der Waals surface area (Å²) < 4.78 is 4.91. The number of halogens is 1. The zero-order valence-electron chi connectivity index (χ0n) is 11.8. The van der Waals surface area contributed by atoms with Crippen molar-refractivity contribution in [2.45, 2.75) is 12.5 Å². The van der Waals surface area contributed by atoms with Crippen molar-refractivity contribution in [2.75, 3.05) is 12.4 Å². The summed E-state index contributed by atoms with van der Waals surface area (Å²) in [7, 11) is 1.33. The minimum atomic E-state index is -1.12. The molecule has 2 N–H and O–H groups in total. The molecular formula is C16H16ClNO3. The van der Waals surface area contributed by atoms with Gasteiger partial charge in [0, 0.05) is 0 Å². The second-order valence-electron chi connectivity index (χ2n) is 4.77. The molecule has 0 saturated carbocycles. The number of carbonyl (C=O) groups is 1. The van der Waals surface area contributed by atoms with E-state index in [2.05, 4.69) is 5.32 Å². The zero-order valence-corrected chi connectivity index (χ0v) is 12.5. The maximum absolute atomic E-state index is 12.2. The summed E-state index contributed by atoms with van der Waals surface area (Å²) in [6.45, 7) is 1.70. The largest absolute Gasteiger partial charge is 0.508 e. The zero-order chi connectivity index (χ0) is 15.5. The van der Waals surface area contributed by atoms with E-state index in [0.29, 0.717) is 16.3 Å². The predicted octanol–water partition coefficient (Wildman–Crippen LogP) is 3.55. The third-order valence-electron chi connectivity index (χ3n) is 3.30. The number of carbonyl (C=O) groups excluding carboxylic acids is 1. The Morgan fingerprint density at radius 1 is 1.19 bits per heavy atom. The fraction of sp³-hybridized carbons (Fsp3) is 0.188. The molecule has 0 fully saturated rings. The van der Waals surface area contributed by atoms with E-state index in [4.69, 9.17) is 16.3 Å². The number of rotatable bonds is 4. The Morgan fingerprint density at radius 2 is 1.81 bits per heavy atom. The van der Waals surface area contributed by atoms with Crippen LogP contribution in [-0.4, -0.2) is 18.2 Å². The van der Waals surface area contributed by atoms with Crippen molar-refractivity contribution in [1.29, 1.82) is 0 Å². The molecule has 0 saturated heterocycles. The van der Waals surface area contributed by atoms with Gasteiger partial charge in [-0.1, -0.05) is 35.9 Å². The molecule has 5 heteroatoms. The van der Waals surface area contributed by atoms with Gasteiger partial charge >= 0.3 is 5.97 Å². The first kappa shape index (κ1) is 15.2. The van der Waals surface area contributed by atoms with E-state index in [1.54, 1.807) is 31.2 Å². The molecule has 0 spiro atoms. The lowest BCUT2D eigenvalue weighted by Crippen LogP contribution is -2.41. The highest BCUT2D eigenvalue weighted by atomic mass is 35.5. The maximum atomic E-state index is 12.2. The maximum Gasteiger partial charge on any atom is 0.335 e. The number of hydrogen-bond donors (Lipinski definition) is 2. The lowest BCUT2D eigenvalue weighted by Gasteiger charge is -2.30. The van der Waals surface area contributed by atoms with Gasteiger partial charge in [-0.2, -0.15) is 0 Å². The van der Waals surface area contributed by atoms with Gasteiger partial charge in [0.25, 0.3) is 0 Å². The summed E-state index contributed by atoms with van der Waals surface area (Å²) >= 11 is 6.14. The van der Waals surface area contributed by atoms with Gasteiger partial charge in [0.15, 0.2) is 5.54 Å². The molecule has 0 amide bonds. The van der Waals surface area contributed by atoms with Crippen molar-refractivity contribution in [2.24, 2.45) is 0 Å². The second-order valence-corrected chi connectivity index (χ2v) is 5.18. The lowest BCUT2D eigenvalue weighted by molar-refractivity contribution is -0.145. The number of anilines is 1. The molecule has 2 aromatic rings. The molecule has 0 aliphatic carbocycles. The van der Waals surface area contributed by atoms with Crippen LogP contribution in [0.15, 0.2) is 48.5 Å². The molecule has 4 nitrogen and oxygen atoms in total. The minimum absolute atomic E-state index is 0.128. The highest BCUT2D eigenvalue weighted by Crippen LogP contribution is 2.32. The van der Waals surface area contributed by atoms with Crippen LogP contribution in [0.5, 0.6) is 5.75 Å². The van der Waals surface area contributed by atoms with Crippen LogP contribution in [0.2, 0.25) is 5.02 Å². The molecule has 1 atom stereocenters. The Morgan fingerprint density at radius 3 is 2.38 bits per heavy atom. The van der Waals surface area contributed by atoms with Crippen molar-refractivity contribution >= 4 is 23.3 Å². The number of aromatic hydroxyl groups is 1. The van der Waals surface area contributed by atoms with Gasteiger partial charge in [-0.3, -0.25) is 0 Å². The summed E-state index contributed by atoms with van der Waals surface area (Å²) in [5, 5.41) is 13.0. The quantitative estimate of drug-likeness (QED) is 0.848. The number of nitrogens with one attached hydrogen (secondary N) is 1. The molecule has 0 aromatic heterocycles. The molecule has 21 heavy (non-hydrogen) atoms. The van der Waals surface area contributed by atoms with Gasteiger partial charge in [-0.15, -0.1) is 0 Å². The van der Waals surface area contributed by atoms with Gasteiger partial charge in [-0.25, -0.2) is 4.79 Å². The average Bonchev–Trinajstić information content (AvgIpc) is 2.49. The van der Waals surface area contributed by atoms with Crippen molar-refractivity contribution in [1.82, 2.24) is 0 Å². The number of phenols is 1. The normalized spacial score (nSPS) is 13.3. The Bertz CT molecular complexity index is 642. The standard InChI is InChI=1S/C16H16ClNO3/c1-16(15(20)21-2,11-7-9-12(19)10-8-11)18-14-6-4-3-5-13(14)17/h3-10,18-19H,1-2H3. The van der Waals surface area contributed by atoms with Crippen LogP contribution in [-0.2, 0) is 15.1 Å². The summed E-state index contributed by atoms with van der Waals surface area (Å²) in [6, 6.07) is 13.5. The number of esters is 1. The average molecular weight is 306 g/mol. The summed E-state index contributed by atoms with van der Waals surface area (Å²) in [4.78, 5) is 12.2. The van der Waals surface area contributed by atoms with Crippen molar-refractivity contribution in [3.05, 3.63) is 59.1 Å². The Labute approximate surface area is 128 Å². The van der Waals surface area contributed by atoms with Crippen molar-refractivity contribution < 1.29 is 14.6 Å². The first-order valence-corrected chi connectivity index (χ1v) is 6.76. The lowest BCUT2D eigenvalue weighted by atomic mass is 9.91. The second kappa shape index (κ2) is 6.06. The molecular weight excluding hydrogens is 290 g/mol. The highest BCUT2D eigenvalue weighted by molar-refractivity contribution is 6.33. The molecule has 0 radical (unpaired) electrons. The van der Waals surface area contributed by atoms with E-state index in [1.807, 2.05) is 12.1 Å². The molecule has 2 aromatic carbocycles. The van der Waals surface area contributed by atoms with E-state index >= 15 is 0 Å². The van der Waals surface area contributed by atoms with E-state index in [0.717, 1.165) is 0 Å². The Balaban J connectivity index is 2.45. The van der Waals surface area contributed by atoms with Gasteiger partial charge in [0.2, 0.25) is 0 Å². The predicted molar refractivity (Wildman–Crippen MR) is 82.5 cm³/mol. The van der Waals surface area contributed by atoms with Gasteiger partial charge in [-0.05, 0) is 36.8 Å². The van der Waals surface area contributed by atoms with E-state index in [-0.39, 0.29) is 5.75 Å². The first-order valence-electron chi connectivity index (χ1n) is 6.38. The van der Waals surface area contributed by atoms with Gasteiger partial charge < -0.3 is 15.2 Å². The monoisotopic (exact) mass is 305 g/mol. The smallest absolute Gasteiger partial charge is 0.335 e. The van der Waals surface area contributed by atoms with Gasteiger partial charge in [0.05, 0.1) is 17.8 Å². The van der Waals surface area contributed by atoms with Crippen LogP contribution in [0.3, 0.4) is 0 Å².